The molecule has 4 rings (SSSR count). The lowest BCUT2D eigenvalue weighted by Crippen LogP contribution is -2.50. The maximum absolute atomic E-state index is 13.0. The third-order valence-corrected chi connectivity index (χ3v) is 7.14. The molecule has 2 aromatic rings. The maximum atomic E-state index is 13.0. The molecule has 2 aromatic heterocycles. The molecule has 7 nitrogen and oxygen atoms in total. The average molecular weight is 390 g/mol. The van der Waals surface area contributed by atoms with Gasteiger partial charge in [-0.15, -0.1) is 5.10 Å². The van der Waals surface area contributed by atoms with E-state index in [2.05, 4.69) is 29.2 Å². The lowest BCUT2D eigenvalue weighted by Gasteiger charge is -2.36. The van der Waals surface area contributed by atoms with E-state index in [9.17, 15) is 9.59 Å². The second-order valence-corrected chi connectivity index (χ2v) is 8.98. The summed E-state index contributed by atoms with van der Waals surface area (Å²) in [5.74, 6) is 1.24. The molecule has 2 fully saturated rings. The normalized spacial score (nSPS) is 28.6. The Morgan fingerprint density at radius 1 is 1.26 bits per heavy atom. The Morgan fingerprint density at radius 3 is 2.89 bits per heavy atom. The number of anilines is 1. The fourth-order valence-corrected chi connectivity index (χ4v) is 5.39. The summed E-state index contributed by atoms with van der Waals surface area (Å²) in [6, 6.07) is 1.52. The van der Waals surface area contributed by atoms with E-state index in [-0.39, 0.29) is 23.6 Å². The number of rotatable bonds is 3. The van der Waals surface area contributed by atoms with Crippen molar-refractivity contribution >= 4 is 27.3 Å². The molecule has 4 atom stereocenters. The van der Waals surface area contributed by atoms with Gasteiger partial charge in [0, 0.05) is 24.3 Å². The minimum Gasteiger partial charge on any atom is -0.351 e. The van der Waals surface area contributed by atoms with Gasteiger partial charge in [-0.25, -0.2) is 4.98 Å². The monoisotopic (exact) mass is 389 g/mol. The Labute approximate surface area is 162 Å². The van der Waals surface area contributed by atoms with Crippen molar-refractivity contribution in [2.45, 2.75) is 65.0 Å². The second kappa shape index (κ2) is 7.22. The Kier molecular flexibility index (Phi) is 4.92. The van der Waals surface area contributed by atoms with Gasteiger partial charge in [0.15, 0.2) is 0 Å². The Balaban J connectivity index is 1.54. The molecule has 1 aliphatic heterocycles. The van der Waals surface area contributed by atoms with Crippen LogP contribution in [0.4, 0.5) is 5.13 Å². The molecule has 1 saturated carbocycles. The van der Waals surface area contributed by atoms with Crippen molar-refractivity contribution in [1.29, 1.82) is 0 Å². The van der Waals surface area contributed by atoms with Crippen LogP contribution in [-0.4, -0.2) is 39.1 Å². The molecule has 27 heavy (non-hydrogen) atoms. The third kappa shape index (κ3) is 3.47. The topological polar surface area (TPSA) is 79.6 Å². The number of nitrogens with zero attached hydrogens (tertiary/aromatic N) is 4. The summed E-state index contributed by atoms with van der Waals surface area (Å²) in [7, 11) is 0. The van der Waals surface area contributed by atoms with Crippen molar-refractivity contribution in [2.75, 3.05) is 11.4 Å². The molecule has 8 heteroatoms. The molecular formula is C19H27N5O2S. The number of fused-ring (bicyclic) bond motifs is 1. The minimum absolute atomic E-state index is 0.0918. The van der Waals surface area contributed by atoms with Gasteiger partial charge in [-0.2, -0.15) is 4.52 Å². The van der Waals surface area contributed by atoms with Gasteiger partial charge in [0.2, 0.25) is 16.0 Å². The van der Waals surface area contributed by atoms with E-state index >= 15 is 0 Å². The van der Waals surface area contributed by atoms with Crippen LogP contribution in [0.5, 0.6) is 0 Å². The molecule has 0 aromatic carbocycles. The van der Waals surface area contributed by atoms with Gasteiger partial charge in [0.25, 0.3) is 5.56 Å². The van der Waals surface area contributed by atoms with Crippen LogP contribution in [0, 0.1) is 18.8 Å². The van der Waals surface area contributed by atoms with Crippen LogP contribution in [0.1, 0.15) is 51.6 Å². The SMILES string of the molecule is Cc1cc(=O)n2nc(N3CCCC3C(=O)NC3CCCC(C)C3C)sc2n1. The number of carbonyl (C=O) groups is 1. The molecule has 0 bridgehead atoms. The molecule has 1 amide bonds. The largest absolute Gasteiger partial charge is 0.351 e. The van der Waals surface area contributed by atoms with E-state index in [4.69, 9.17) is 0 Å². The predicted octanol–water partition coefficient (Wildman–Crippen LogP) is 2.37. The van der Waals surface area contributed by atoms with Crippen molar-refractivity contribution in [3.63, 3.8) is 0 Å². The Hall–Kier alpha value is -1.96. The van der Waals surface area contributed by atoms with Crippen LogP contribution < -0.4 is 15.8 Å². The van der Waals surface area contributed by atoms with E-state index in [0.717, 1.165) is 25.8 Å². The zero-order valence-electron chi connectivity index (χ0n) is 16.1. The first-order valence-electron chi connectivity index (χ1n) is 9.88. The van der Waals surface area contributed by atoms with E-state index in [0.29, 0.717) is 27.6 Å². The highest BCUT2D eigenvalue weighted by Gasteiger charge is 2.36. The van der Waals surface area contributed by atoms with Gasteiger partial charge in [0.1, 0.15) is 6.04 Å². The molecule has 3 heterocycles. The zero-order valence-corrected chi connectivity index (χ0v) is 17.0. The first kappa shape index (κ1) is 18.4. The number of amides is 1. The molecule has 146 valence electrons. The summed E-state index contributed by atoms with van der Waals surface area (Å²) in [6.45, 7) is 7.11. The van der Waals surface area contributed by atoms with Crippen molar-refractivity contribution < 1.29 is 4.79 Å². The van der Waals surface area contributed by atoms with Gasteiger partial charge >= 0.3 is 0 Å². The van der Waals surface area contributed by atoms with Gasteiger partial charge < -0.3 is 10.2 Å². The number of hydrogen-bond acceptors (Lipinski definition) is 6. The number of carbonyl (C=O) groups excluding carboxylic acids is 1. The average Bonchev–Trinajstić information content (AvgIpc) is 3.25. The Morgan fingerprint density at radius 2 is 2.07 bits per heavy atom. The summed E-state index contributed by atoms with van der Waals surface area (Å²) in [5, 5.41) is 8.46. The van der Waals surface area contributed by atoms with Crippen LogP contribution in [0.3, 0.4) is 0 Å². The lowest BCUT2D eigenvalue weighted by molar-refractivity contribution is -0.123. The first-order chi connectivity index (χ1) is 12.9. The quantitative estimate of drug-likeness (QED) is 0.872. The maximum Gasteiger partial charge on any atom is 0.275 e. The van der Waals surface area contributed by atoms with E-state index in [1.54, 1.807) is 6.92 Å². The van der Waals surface area contributed by atoms with E-state index < -0.39 is 0 Å². The van der Waals surface area contributed by atoms with Crippen molar-refractivity contribution in [3.8, 4) is 0 Å². The second-order valence-electron chi connectivity index (χ2n) is 8.05. The van der Waals surface area contributed by atoms with Gasteiger partial charge in [-0.3, -0.25) is 9.59 Å². The van der Waals surface area contributed by atoms with Gasteiger partial charge in [0.05, 0.1) is 0 Å². The predicted molar refractivity (Wildman–Crippen MR) is 106 cm³/mol. The molecule has 2 aliphatic rings. The van der Waals surface area contributed by atoms with Crippen molar-refractivity contribution in [2.24, 2.45) is 11.8 Å². The fraction of sp³-hybridized carbons (Fsp3) is 0.684. The molecule has 0 radical (unpaired) electrons. The molecule has 1 saturated heterocycles. The number of nitrogens with one attached hydrogen (secondary N) is 1. The summed E-state index contributed by atoms with van der Waals surface area (Å²) < 4.78 is 1.34. The fourth-order valence-electron chi connectivity index (χ4n) is 4.36. The summed E-state index contributed by atoms with van der Waals surface area (Å²) >= 11 is 1.38. The third-order valence-electron chi connectivity index (χ3n) is 6.20. The minimum atomic E-state index is -0.216. The van der Waals surface area contributed by atoms with Crippen LogP contribution >= 0.6 is 11.3 Å². The highest BCUT2D eigenvalue weighted by molar-refractivity contribution is 7.20. The zero-order chi connectivity index (χ0) is 19.1. The molecule has 0 spiro atoms. The molecule has 4 unspecified atom stereocenters. The molecular weight excluding hydrogens is 362 g/mol. The van der Waals surface area contributed by atoms with Gasteiger partial charge in [-0.05, 0) is 38.0 Å². The standard InChI is InChI=1S/C19H27N5O2S/c1-11-6-4-7-14(13(11)3)21-17(26)15-8-5-9-23(15)19-22-24-16(25)10-12(2)20-18(24)27-19/h10-11,13-15H,4-9H2,1-3H3,(H,21,26). The van der Waals surface area contributed by atoms with E-state index in [1.165, 1.54) is 34.8 Å². The van der Waals surface area contributed by atoms with Crippen molar-refractivity contribution in [3.05, 3.63) is 22.1 Å². The number of aryl methyl sites for hydroxylation is 1. The molecule has 1 N–H and O–H groups in total. The highest BCUT2D eigenvalue weighted by atomic mass is 32.1. The summed E-state index contributed by atoms with van der Waals surface area (Å²) in [6.07, 6.45) is 5.25. The lowest BCUT2D eigenvalue weighted by atomic mass is 9.78. The Bertz CT molecular complexity index is 907. The van der Waals surface area contributed by atoms with Crippen LogP contribution in [-0.2, 0) is 4.79 Å². The first-order valence-corrected chi connectivity index (χ1v) is 10.7. The van der Waals surface area contributed by atoms with Crippen molar-refractivity contribution in [1.82, 2.24) is 19.9 Å². The van der Waals surface area contributed by atoms with Crippen LogP contribution in [0.2, 0.25) is 0 Å². The number of hydrogen-bond donors (Lipinski definition) is 1. The highest BCUT2D eigenvalue weighted by Crippen LogP contribution is 2.32. The molecule has 1 aliphatic carbocycles. The summed E-state index contributed by atoms with van der Waals surface area (Å²) in [4.78, 5) is 32.2. The number of aromatic nitrogens is 3. The van der Waals surface area contributed by atoms with Crippen LogP contribution in [0.15, 0.2) is 10.9 Å². The van der Waals surface area contributed by atoms with E-state index in [1.807, 2.05) is 4.90 Å². The van der Waals surface area contributed by atoms with Crippen LogP contribution in [0.25, 0.3) is 4.96 Å². The van der Waals surface area contributed by atoms with Gasteiger partial charge in [-0.1, -0.05) is 38.0 Å². The summed E-state index contributed by atoms with van der Waals surface area (Å²) in [5.41, 5.74) is 0.511. The smallest absolute Gasteiger partial charge is 0.275 e.